The fourth-order valence-electron chi connectivity index (χ4n) is 2.38. The van der Waals surface area contributed by atoms with E-state index in [-0.39, 0.29) is 0 Å². The number of rotatable bonds is 5. The topological polar surface area (TPSA) is 29.9 Å². The van der Waals surface area contributed by atoms with Crippen LogP contribution in [0.15, 0.2) is 30.5 Å². The minimum Gasteiger partial charge on any atom is -0.308 e. The van der Waals surface area contributed by atoms with Crippen LogP contribution in [0, 0.1) is 6.92 Å². The summed E-state index contributed by atoms with van der Waals surface area (Å²) in [5.74, 6) is 0.847. The lowest BCUT2D eigenvalue weighted by atomic mass is 10.1. The van der Waals surface area contributed by atoms with Gasteiger partial charge in [0.2, 0.25) is 0 Å². The zero-order valence-corrected chi connectivity index (χ0v) is 11.7. The maximum Gasteiger partial charge on any atom is 0.0537 e. The highest BCUT2D eigenvalue weighted by molar-refractivity contribution is 5.28. The van der Waals surface area contributed by atoms with E-state index >= 15 is 0 Å². The van der Waals surface area contributed by atoms with Gasteiger partial charge in [0.25, 0.3) is 0 Å². The van der Waals surface area contributed by atoms with E-state index in [1.54, 1.807) is 0 Å². The van der Waals surface area contributed by atoms with Crippen molar-refractivity contribution in [2.24, 2.45) is 7.05 Å². The third kappa shape index (κ3) is 2.87. The average Bonchev–Trinajstić information content (AvgIpc) is 3.22. The third-order valence-corrected chi connectivity index (χ3v) is 4.01. The predicted octanol–water partition coefficient (Wildman–Crippen LogP) is 2.90. The van der Waals surface area contributed by atoms with Crippen LogP contribution in [0.25, 0.3) is 0 Å². The number of hydrogen-bond donors (Lipinski definition) is 1. The van der Waals surface area contributed by atoms with Crippen LogP contribution < -0.4 is 5.32 Å². The Morgan fingerprint density at radius 3 is 2.53 bits per heavy atom. The fourth-order valence-corrected chi connectivity index (χ4v) is 2.38. The lowest BCUT2D eigenvalue weighted by Crippen LogP contribution is -2.13. The Balaban J connectivity index is 1.53. The molecule has 3 rings (SSSR count). The second-order valence-corrected chi connectivity index (χ2v) is 5.50. The summed E-state index contributed by atoms with van der Waals surface area (Å²) in [4.78, 5) is 0. The Hall–Kier alpha value is -1.61. The Labute approximate surface area is 114 Å². The van der Waals surface area contributed by atoms with Crippen LogP contribution in [0.4, 0.5) is 0 Å². The molecule has 2 aromatic rings. The van der Waals surface area contributed by atoms with Gasteiger partial charge in [0.1, 0.15) is 0 Å². The summed E-state index contributed by atoms with van der Waals surface area (Å²) in [6, 6.07) is 9.06. The van der Waals surface area contributed by atoms with Crippen LogP contribution in [0.2, 0.25) is 0 Å². The second-order valence-electron chi connectivity index (χ2n) is 5.50. The van der Waals surface area contributed by atoms with E-state index in [1.807, 2.05) is 17.9 Å². The van der Waals surface area contributed by atoms with Gasteiger partial charge in [0.15, 0.2) is 0 Å². The van der Waals surface area contributed by atoms with E-state index in [2.05, 4.69) is 41.6 Å². The molecule has 1 fully saturated rings. The number of benzene rings is 1. The second kappa shape index (κ2) is 5.17. The molecule has 0 radical (unpaired) electrons. The van der Waals surface area contributed by atoms with Crippen molar-refractivity contribution < 1.29 is 0 Å². The van der Waals surface area contributed by atoms with Crippen molar-refractivity contribution in [3.05, 3.63) is 52.8 Å². The quantitative estimate of drug-likeness (QED) is 0.890. The smallest absolute Gasteiger partial charge is 0.0537 e. The molecule has 0 unspecified atom stereocenters. The van der Waals surface area contributed by atoms with Crippen LogP contribution >= 0.6 is 0 Å². The van der Waals surface area contributed by atoms with Crippen molar-refractivity contribution in [2.75, 3.05) is 0 Å². The van der Waals surface area contributed by atoms with Gasteiger partial charge in [-0.1, -0.05) is 24.3 Å². The van der Waals surface area contributed by atoms with Crippen LogP contribution in [0.3, 0.4) is 0 Å². The summed E-state index contributed by atoms with van der Waals surface area (Å²) in [6.07, 6.45) is 4.69. The maximum absolute atomic E-state index is 4.26. The molecular weight excluding hydrogens is 234 g/mol. The normalized spacial score (nSPS) is 14.8. The highest BCUT2D eigenvalue weighted by Crippen LogP contribution is 2.39. The third-order valence-electron chi connectivity index (χ3n) is 4.01. The molecule has 1 saturated carbocycles. The Morgan fingerprint density at radius 2 is 1.95 bits per heavy atom. The molecule has 0 aliphatic heterocycles. The van der Waals surface area contributed by atoms with Crippen LogP contribution in [0.1, 0.15) is 41.1 Å². The van der Waals surface area contributed by atoms with Gasteiger partial charge in [0.05, 0.1) is 6.20 Å². The van der Waals surface area contributed by atoms with Gasteiger partial charge < -0.3 is 5.32 Å². The largest absolute Gasteiger partial charge is 0.308 e. The van der Waals surface area contributed by atoms with E-state index in [0.717, 1.165) is 19.0 Å². The fraction of sp³-hybridized carbons (Fsp3) is 0.438. The summed E-state index contributed by atoms with van der Waals surface area (Å²) in [6.45, 7) is 3.90. The maximum atomic E-state index is 4.26. The lowest BCUT2D eigenvalue weighted by Gasteiger charge is -2.06. The highest BCUT2D eigenvalue weighted by Gasteiger charge is 2.22. The van der Waals surface area contributed by atoms with Crippen molar-refractivity contribution in [1.29, 1.82) is 0 Å². The molecule has 0 saturated heterocycles. The van der Waals surface area contributed by atoms with Crippen molar-refractivity contribution in [1.82, 2.24) is 15.1 Å². The molecule has 100 valence electrons. The SMILES string of the molecule is Cc1c(CNCc2ccc(C3CC3)cc2)cnn1C. The zero-order valence-electron chi connectivity index (χ0n) is 11.7. The Kier molecular flexibility index (Phi) is 3.38. The van der Waals surface area contributed by atoms with E-state index in [9.17, 15) is 0 Å². The van der Waals surface area contributed by atoms with Crippen molar-refractivity contribution in [2.45, 2.75) is 38.8 Å². The van der Waals surface area contributed by atoms with Gasteiger partial charge in [-0.25, -0.2) is 0 Å². The van der Waals surface area contributed by atoms with Crippen molar-refractivity contribution in [3.63, 3.8) is 0 Å². The average molecular weight is 255 g/mol. The van der Waals surface area contributed by atoms with E-state index < -0.39 is 0 Å². The lowest BCUT2D eigenvalue weighted by molar-refractivity contribution is 0.684. The van der Waals surface area contributed by atoms with Gasteiger partial charge in [0, 0.05) is 31.4 Å². The molecule has 0 bridgehead atoms. The van der Waals surface area contributed by atoms with Gasteiger partial charge in [-0.2, -0.15) is 5.10 Å². The van der Waals surface area contributed by atoms with E-state index in [4.69, 9.17) is 0 Å². The molecule has 1 aliphatic rings. The molecule has 0 atom stereocenters. The summed E-state index contributed by atoms with van der Waals surface area (Å²) >= 11 is 0. The van der Waals surface area contributed by atoms with Gasteiger partial charge in [-0.15, -0.1) is 0 Å². The van der Waals surface area contributed by atoms with Gasteiger partial charge in [-0.05, 0) is 36.8 Å². The molecular formula is C16H21N3. The summed E-state index contributed by atoms with van der Waals surface area (Å²) in [7, 11) is 1.98. The number of aromatic nitrogens is 2. The van der Waals surface area contributed by atoms with E-state index in [1.165, 1.54) is 35.2 Å². The first-order valence-corrected chi connectivity index (χ1v) is 7.01. The first kappa shape index (κ1) is 12.4. The van der Waals surface area contributed by atoms with Crippen LogP contribution in [0.5, 0.6) is 0 Å². The molecule has 0 amide bonds. The highest BCUT2D eigenvalue weighted by atomic mass is 15.3. The number of nitrogens with zero attached hydrogens (tertiary/aromatic N) is 2. The number of hydrogen-bond acceptors (Lipinski definition) is 2. The monoisotopic (exact) mass is 255 g/mol. The van der Waals surface area contributed by atoms with Crippen molar-refractivity contribution in [3.8, 4) is 0 Å². The van der Waals surface area contributed by atoms with Gasteiger partial charge in [-0.3, -0.25) is 4.68 Å². The van der Waals surface area contributed by atoms with Crippen LogP contribution in [-0.4, -0.2) is 9.78 Å². The summed E-state index contributed by atoms with van der Waals surface area (Å²) < 4.78 is 1.92. The Bertz CT molecular complexity index is 550. The molecule has 1 aromatic carbocycles. The molecule has 0 spiro atoms. The van der Waals surface area contributed by atoms with Gasteiger partial charge >= 0.3 is 0 Å². The summed E-state index contributed by atoms with van der Waals surface area (Å²) in [5.41, 5.74) is 5.37. The summed E-state index contributed by atoms with van der Waals surface area (Å²) in [5, 5.41) is 7.74. The molecule has 19 heavy (non-hydrogen) atoms. The predicted molar refractivity (Wildman–Crippen MR) is 76.9 cm³/mol. The molecule has 1 aliphatic carbocycles. The first-order valence-electron chi connectivity index (χ1n) is 7.01. The van der Waals surface area contributed by atoms with E-state index in [0.29, 0.717) is 0 Å². The minimum atomic E-state index is 0.847. The molecule has 3 nitrogen and oxygen atoms in total. The molecule has 1 N–H and O–H groups in total. The Morgan fingerprint density at radius 1 is 1.21 bits per heavy atom. The number of nitrogens with one attached hydrogen (secondary N) is 1. The molecule has 1 heterocycles. The molecule has 1 aromatic heterocycles. The standard InChI is InChI=1S/C16H21N3/c1-12-16(11-18-19(12)2)10-17-9-13-3-5-14(6-4-13)15-7-8-15/h3-6,11,15,17H,7-10H2,1-2H3. The van der Waals surface area contributed by atoms with Crippen LogP contribution in [-0.2, 0) is 20.1 Å². The number of aryl methyl sites for hydroxylation is 1. The first-order chi connectivity index (χ1) is 9.24. The van der Waals surface area contributed by atoms with Crippen molar-refractivity contribution >= 4 is 0 Å². The molecule has 3 heteroatoms. The zero-order chi connectivity index (χ0) is 13.2. The minimum absolute atomic E-state index is 0.847.